The standard InChI is InChI=1S/C17H16Cl2N2O4/c1-9-4-5-11(6-14(9)24-3)17(23)25-10(2)16(22)21-15-13(19)7-12(18)8-20-15/h4-8,10H,1-3H3,(H,20,21,22)/t10-/m0/s1. The molecule has 2 aromatic rings. The highest BCUT2D eigenvalue weighted by molar-refractivity contribution is 6.36. The smallest absolute Gasteiger partial charge is 0.339 e. The summed E-state index contributed by atoms with van der Waals surface area (Å²) in [5.74, 6) is -0.514. The number of amides is 1. The van der Waals surface area contributed by atoms with Crippen LogP contribution in [0.15, 0.2) is 30.5 Å². The number of carbonyl (C=O) groups excluding carboxylic acids is 2. The van der Waals surface area contributed by atoms with Gasteiger partial charge in [0.25, 0.3) is 5.91 Å². The van der Waals surface area contributed by atoms with Crippen molar-refractivity contribution in [2.75, 3.05) is 12.4 Å². The number of aromatic nitrogens is 1. The minimum Gasteiger partial charge on any atom is -0.496 e. The molecule has 1 aromatic carbocycles. The van der Waals surface area contributed by atoms with Crippen LogP contribution in [0.5, 0.6) is 5.75 Å². The summed E-state index contributed by atoms with van der Waals surface area (Å²) < 4.78 is 10.3. The Hall–Kier alpha value is -2.31. The third kappa shape index (κ3) is 4.84. The van der Waals surface area contributed by atoms with Gasteiger partial charge in [0.15, 0.2) is 11.9 Å². The average molecular weight is 383 g/mol. The number of benzene rings is 1. The molecule has 1 N–H and O–H groups in total. The van der Waals surface area contributed by atoms with Crippen LogP contribution < -0.4 is 10.1 Å². The van der Waals surface area contributed by atoms with Gasteiger partial charge in [-0.3, -0.25) is 4.79 Å². The zero-order chi connectivity index (χ0) is 18.6. The van der Waals surface area contributed by atoms with Crippen molar-refractivity contribution < 1.29 is 19.1 Å². The van der Waals surface area contributed by atoms with Gasteiger partial charge >= 0.3 is 5.97 Å². The molecular weight excluding hydrogens is 367 g/mol. The summed E-state index contributed by atoms with van der Waals surface area (Å²) in [7, 11) is 1.51. The van der Waals surface area contributed by atoms with Crippen molar-refractivity contribution >= 4 is 40.9 Å². The highest BCUT2D eigenvalue weighted by atomic mass is 35.5. The van der Waals surface area contributed by atoms with Crippen molar-refractivity contribution in [1.82, 2.24) is 4.98 Å². The molecule has 8 heteroatoms. The van der Waals surface area contributed by atoms with Crippen LogP contribution in [-0.2, 0) is 9.53 Å². The van der Waals surface area contributed by atoms with Crippen LogP contribution in [0.3, 0.4) is 0 Å². The number of halogens is 2. The van der Waals surface area contributed by atoms with E-state index >= 15 is 0 Å². The van der Waals surface area contributed by atoms with Gasteiger partial charge in [-0.1, -0.05) is 29.3 Å². The molecule has 0 fully saturated rings. The van der Waals surface area contributed by atoms with Crippen LogP contribution in [0.2, 0.25) is 10.0 Å². The molecule has 0 aliphatic rings. The number of nitrogens with one attached hydrogen (secondary N) is 1. The van der Waals surface area contributed by atoms with E-state index in [1.165, 1.54) is 26.3 Å². The zero-order valence-corrected chi connectivity index (χ0v) is 15.3. The second-order valence-electron chi connectivity index (χ2n) is 5.21. The van der Waals surface area contributed by atoms with Gasteiger partial charge in [-0.25, -0.2) is 9.78 Å². The first kappa shape index (κ1) is 19.0. The van der Waals surface area contributed by atoms with Gasteiger partial charge in [0.05, 0.1) is 22.7 Å². The number of carbonyl (C=O) groups is 2. The number of anilines is 1. The summed E-state index contributed by atoms with van der Waals surface area (Å²) in [4.78, 5) is 28.3. The average Bonchev–Trinajstić information content (AvgIpc) is 2.57. The monoisotopic (exact) mass is 382 g/mol. The van der Waals surface area contributed by atoms with Crippen molar-refractivity contribution in [3.8, 4) is 5.75 Å². The molecule has 1 heterocycles. The molecule has 2 rings (SSSR count). The van der Waals surface area contributed by atoms with Gasteiger partial charge in [-0.05, 0) is 37.6 Å². The largest absolute Gasteiger partial charge is 0.496 e. The first-order valence-corrected chi connectivity index (χ1v) is 8.05. The Morgan fingerprint density at radius 3 is 2.60 bits per heavy atom. The topological polar surface area (TPSA) is 77.5 Å². The SMILES string of the molecule is COc1cc(C(=O)O[C@@H](C)C(=O)Nc2ncc(Cl)cc2Cl)ccc1C. The molecule has 132 valence electrons. The third-order valence-corrected chi connectivity index (χ3v) is 3.84. The van der Waals surface area contributed by atoms with Crippen molar-refractivity contribution in [3.05, 3.63) is 51.6 Å². The summed E-state index contributed by atoms with van der Waals surface area (Å²) in [6.45, 7) is 3.30. The van der Waals surface area contributed by atoms with Gasteiger partial charge in [-0.15, -0.1) is 0 Å². The number of pyridine rings is 1. The summed E-state index contributed by atoms with van der Waals surface area (Å²) in [6, 6.07) is 6.33. The van der Waals surface area contributed by atoms with Crippen molar-refractivity contribution in [2.24, 2.45) is 0 Å². The number of methoxy groups -OCH3 is 1. The van der Waals surface area contributed by atoms with Crippen LogP contribution >= 0.6 is 23.2 Å². The Labute approximate surface area is 155 Å². The lowest BCUT2D eigenvalue weighted by Crippen LogP contribution is -2.30. The minimum absolute atomic E-state index is 0.135. The van der Waals surface area contributed by atoms with Crippen LogP contribution in [0, 0.1) is 6.92 Å². The fourth-order valence-electron chi connectivity index (χ4n) is 1.95. The maximum Gasteiger partial charge on any atom is 0.339 e. The molecule has 1 atom stereocenters. The van der Waals surface area contributed by atoms with E-state index in [9.17, 15) is 9.59 Å². The summed E-state index contributed by atoms with van der Waals surface area (Å²) in [5.41, 5.74) is 1.16. The first-order valence-electron chi connectivity index (χ1n) is 7.29. The van der Waals surface area contributed by atoms with E-state index < -0.39 is 18.0 Å². The number of ether oxygens (including phenoxy) is 2. The zero-order valence-electron chi connectivity index (χ0n) is 13.8. The predicted octanol–water partition coefficient (Wildman–Crippen LogP) is 3.89. The predicted molar refractivity (Wildman–Crippen MR) is 95.5 cm³/mol. The molecule has 6 nitrogen and oxygen atoms in total. The number of nitrogens with zero attached hydrogens (tertiary/aromatic N) is 1. The molecule has 0 saturated heterocycles. The van der Waals surface area contributed by atoms with Gasteiger partial charge in [0.1, 0.15) is 5.75 Å². The molecule has 25 heavy (non-hydrogen) atoms. The number of esters is 1. The Bertz CT molecular complexity index is 811. The number of rotatable bonds is 5. The lowest BCUT2D eigenvalue weighted by Gasteiger charge is -2.14. The van der Waals surface area contributed by atoms with E-state index in [0.717, 1.165) is 5.56 Å². The van der Waals surface area contributed by atoms with E-state index in [0.29, 0.717) is 10.8 Å². The van der Waals surface area contributed by atoms with E-state index in [1.54, 1.807) is 18.2 Å². The fourth-order valence-corrected chi connectivity index (χ4v) is 2.38. The van der Waals surface area contributed by atoms with E-state index in [4.69, 9.17) is 32.7 Å². The summed E-state index contributed by atoms with van der Waals surface area (Å²) in [6.07, 6.45) is 0.298. The Morgan fingerprint density at radius 1 is 1.24 bits per heavy atom. The summed E-state index contributed by atoms with van der Waals surface area (Å²) in [5, 5.41) is 3.01. The van der Waals surface area contributed by atoms with E-state index in [1.807, 2.05) is 6.92 Å². The highest BCUT2D eigenvalue weighted by Gasteiger charge is 2.21. The van der Waals surface area contributed by atoms with Crippen LogP contribution in [0.25, 0.3) is 0 Å². The molecule has 0 aliphatic carbocycles. The number of hydrogen-bond donors (Lipinski definition) is 1. The second-order valence-corrected chi connectivity index (χ2v) is 6.05. The molecule has 0 saturated carbocycles. The van der Waals surface area contributed by atoms with Crippen LogP contribution in [-0.4, -0.2) is 30.1 Å². The first-order chi connectivity index (χ1) is 11.8. The van der Waals surface area contributed by atoms with Gasteiger partial charge in [0, 0.05) is 6.20 Å². The molecule has 0 radical (unpaired) electrons. The highest BCUT2D eigenvalue weighted by Crippen LogP contribution is 2.23. The maximum atomic E-state index is 12.2. The molecule has 0 aliphatic heterocycles. The van der Waals surface area contributed by atoms with Crippen molar-refractivity contribution in [2.45, 2.75) is 20.0 Å². The Balaban J connectivity index is 2.04. The number of aryl methyl sites for hydroxylation is 1. The van der Waals surface area contributed by atoms with E-state index in [2.05, 4.69) is 10.3 Å². The molecule has 0 spiro atoms. The Morgan fingerprint density at radius 2 is 1.96 bits per heavy atom. The minimum atomic E-state index is -1.05. The molecule has 0 bridgehead atoms. The lowest BCUT2D eigenvalue weighted by atomic mass is 10.1. The van der Waals surface area contributed by atoms with Gasteiger partial charge < -0.3 is 14.8 Å². The molecular formula is C17H16Cl2N2O4. The third-order valence-electron chi connectivity index (χ3n) is 3.35. The molecule has 1 amide bonds. The van der Waals surface area contributed by atoms with Gasteiger partial charge in [0.2, 0.25) is 0 Å². The lowest BCUT2D eigenvalue weighted by molar-refractivity contribution is -0.123. The van der Waals surface area contributed by atoms with Crippen molar-refractivity contribution in [3.63, 3.8) is 0 Å². The second kappa shape index (κ2) is 8.18. The molecule has 1 aromatic heterocycles. The quantitative estimate of drug-likeness (QED) is 0.793. The Kier molecular flexibility index (Phi) is 6.22. The van der Waals surface area contributed by atoms with Crippen molar-refractivity contribution in [1.29, 1.82) is 0 Å². The molecule has 0 unspecified atom stereocenters. The number of hydrogen-bond acceptors (Lipinski definition) is 5. The maximum absolute atomic E-state index is 12.2. The summed E-state index contributed by atoms with van der Waals surface area (Å²) >= 11 is 11.7. The van der Waals surface area contributed by atoms with Crippen LogP contribution in [0.4, 0.5) is 5.82 Å². The van der Waals surface area contributed by atoms with Crippen LogP contribution in [0.1, 0.15) is 22.8 Å². The fraction of sp³-hybridized carbons (Fsp3) is 0.235. The van der Waals surface area contributed by atoms with Gasteiger partial charge in [-0.2, -0.15) is 0 Å². The normalized spacial score (nSPS) is 11.6. The van der Waals surface area contributed by atoms with E-state index in [-0.39, 0.29) is 16.4 Å².